The summed E-state index contributed by atoms with van der Waals surface area (Å²) >= 11 is 0. The summed E-state index contributed by atoms with van der Waals surface area (Å²) < 4.78 is 4.82. The number of para-hydroxylation sites is 2. The van der Waals surface area contributed by atoms with Crippen molar-refractivity contribution in [3.05, 3.63) is 194 Å². The molecule has 11 aromatic rings. The van der Waals surface area contributed by atoms with Gasteiger partial charge in [-0.1, -0.05) is 140 Å². The Morgan fingerprint density at radius 2 is 0.654 bits per heavy atom. The van der Waals surface area contributed by atoms with Crippen molar-refractivity contribution < 1.29 is 0 Å². The van der Waals surface area contributed by atoms with E-state index in [1.165, 1.54) is 98.8 Å². The molecule has 0 aliphatic carbocycles. The van der Waals surface area contributed by atoms with E-state index in [2.05, 4.69) is 203 Å². The molecule has 0 aliphatic heterocycles. The molecule has 2 aromatic heterocycles. The average Bonchev–Trinajstić information content (AvgIpc) is 3.73. The lowest BCUT2D eigenvalue weighted by molar-refractivity contribution is 1.19. The summed E-state index contributed by atoms with van der Waals surface area (Å²) in [4.78, 5) is 0. The summed E-state index contributed by atoms with van der Waals surface area (Å²) in [5.74, 6) is 0. The molecule has 0 saturated carbocycles. The molecule has 0 spiro atoms. The van der Waals surface area contributed by atoms with Crippen molar-refractivity contribution in [2.45, 2.75) is 0 Å². The zero-order valence-electron chi connectivity index (χ0n) is 28.4. The number of aromatic nitrogens is 2. The van der Waals surface area contributed by atoms with Gasteiger partial charge in [0.25, 0.3) is 0 Å². The highest BCUT2D eigenvalue weighted by Gasteiger charge is 2.16. The van der Waals surface area contributed by atoms with Gasteiger partial charge in [0.2, 0.25) is 0 Å². The first-order valence-electron chi connectivity index (χ1n) is 17.9. The molecule has 0 radical (unpaired) electrons. The predicted octanol–water partition coefficient (Wildman–Crippen LogP) is 13.5. The molecule has 242 valence electrons. The Morgan fingerprint density at radius 1 is 0.231 bits per heavy atom. The minimum atomic E-state index is 1.18. The maximum Gasteiger partial charge on any atom is 0.0547 e. The zero-order chi connectivity index (χ0) is 34.2. The summed E-state index contributed by atoms with van der Waals surface area (Å²) in [5.41, 5.74) is 12.1. The van der Waals surface area contributed by atoms with E-state index in [-0.39, 0.29) is 0 Å². The van der Waals surface area contributed by atoms with Gasteiger partial charge in [0.15, 0.2) is 0 Å². The lowest BCUT2D eigenvalue weighted by Crippen LogP contribution is -1.94. The number of fused-ring (bicyclic) bond motifs is 8. The van der Waals surface area contributed by atoms with Crippen LogP contribution >= 0.6 is 0 Å². The Morgan fingerprint density at radius 3 is 1.27 bits per heavy atom. The largest absolute Gasteiger partial charge is 0.309 e. The van der Waals surface area contributed by atoms with E-state index in [1.807, 2.05) is 0 Å². The molecule has 0 N–H and O–H groups in total. The van der Waals surface area contributed by atoms with Crippen molar-refractivity contribution in [3.8, 4) is 33.6 Å². The van der Waals surface area contributed by atoms with Crippen LogP contribution in [0.2, 0.25) is 0 Å². The van der Waals surface area contributed by atoms with Crippen molar-refractivity contribution in [2.75, 3.05) is 0 Å². The Bertz CT molecular complexity index is 3180. The Kier molecular flexibility index (Phi) is 6.28. The number of rotatable bonds is 4. The maximum atomic E-state index is 2.42. The Hall–Kier alpha value is -6.90. The summed E-state index contributed by atoms with van der Waals surface area (Å²) in [6.07, 6.45) is 0. The fourth-order valence-corrected chi connectivity index (χ4v) is 8.35. The van der Waals surface area contributed by atoms with E-state index < -0.39 is 0 Å². The second-order valence-electron chi connectivity index (χ2n) is 13.8. The lowest BCUT2D eigenvalue weighted by atomic mass is 9.98. The van der Waals surface area contributed by atoms with Gasteiger partial charge in [-0.3, -0.25) is 0 Å². The van der Waals surface area contributed by atoms with Crippen LogP contribution in [0.4, 0.5) is 0 Å². The first-order valence-corrected chi connectivity index (χ1v) is 17.9. The molecule has 2 heteroatoms. The first-order chi connectivity index (χ1) is 25.8. The van der Waals surface area contributed by atoms with Crippen LogP contribution in [0.25, 0.3) is 98.8 Å². The van der Waals surface area contributed by atoms with Gasteiger partial charge in [0, 0.05) is 32.9 Å². The third-order valence-electron chi connectivity index (χ3n) is 10.9. The highest BCUT2D eigenvalue weighted by atomic mass is 15.0. The molecule has 0 unspecified atom stereocenters. The van der Waals surface area contributed by atoms with Crippen molar-refractivity contribution in [2.24, 2.45) is 0 Å². The van der Waals surface area contributed by atoms with Gasteiger partial charge in [-0.25, -0.2) is 0 Å². The van der Waals surface area contributed by atoms with Crippen LogP contribution in [0, 0.1) is 0 Å². The highest BCUT2D eigenvalue weighted by Crippen LogP contribution is 2.38. The van der Waals surface area contributed by atoms with Crippen LogP contribution in [0.15, 0.2) is 194 Å². The number of benzene rings is 9. The normalized spacial score (nSPS) is 11.8. The molecule has 2 heterocycles. The molecule has 9 aromatic carbocycles. The van der Waals surface area contributed by atoms with Gasteiger partial charge in [-0.05, 0) is 98.4 Å². The molecular weight excluding hydrogens is 629 g/mol. The third kappa shape index (κ3) is 4.44. The van der Waals surface area contributed by atoms with Gasteiger partial charge in [0.1, 0.15) is 0 Å². The zero-order valence-corrected chi connectivity index (χ0v) is 28.4. The Labute approximate surface area is 301 Å². The molecule has 0 aliphatic rings. The van der Waals surface area contributed by atoms with E-state index in [4.69, 9.17) is 0 Å². The second kappa shape index (κ2) is 11.3. The van der Waals surface area contributed by atoms with Gasteiger partial charge >= 0.3 is 0 Å². The SMILES string of the molecule is c1ccc2cc(-n3c4ccccc4c4cc(-c5ccc(-c6ccc7c8ccccc8n(-c8ccc9ccccc9c8)c7c6)cc5)ccc43)ccc2c1. The van der Waals surface area contributed by atoms with Crippen molar-refractivity contribution in [1.29, 1.82) is 0 Å². The molecular formula is C50H32N2. The van der Waals surface area contributed by atoms with Crippen LogP contribution < -0.4 is 0 Å². The van der Waals surface area contributed by atoms with Crippen LogP contribution in [0.3, 0.4) is 0 Å². The number of hydrogen-bond donors (Lipinski definition) is 0. The predicted molar refractivity (Wildman–Crippen MR) is 221 cm³/mol. The fraction of sp³-hybridized carbons (Fsp3) is 0. The number of hydrogen-bond acceptors (Lipinski definition) is 0. The molecule has 0 bridgehead atoms. The maximum absolute atomic E-state index is 2.42. The lowest BCUT2D eigenvalue weighted by Gasteiger charge is -2.11. The van der Waals surface area contributed by atoms with Crippen LogP contribution in [-0.2, 0) is 0 Å². The van der Waals surface area contributed by atoms with Crippen LogP contribution in [0.1, 0.15) is 0 Å². The number of nitrogens with zero attached hydrogens (tertiary/aromatic N) is 2. The van der Waals surface area contributed by atoms with E-state index in [0.29, 0.717) is 0 Å². The van der Waals surface area contributed by atoms with Gasteiger partial charge in [-0.2, -0.15) is 0 Å². The van der Waals surface area contributed by atoms with Crippen molar-refractivity contribution in [1.82, 2.24) is 9.13 Å². The van der Waals surface area contributed by atoms with Crippen molar-refractivity contribution in [3.63, 3.8) is 0 Å². The molecule has 0 amide bonds. The van der Waals surface area contributed by atoms with E-state index in [9.17, 15) is 0 Å². The molecule has 2 nitrogen and oxygen atoms in total. The molecule has 0 atom stereocenters. The minimum absolute atomic E-state index is 1.18. The molecule has 0 saturated heterocycles. The second-order valence-corrected chi connectivity index (χ2v) is 13.8. The molecule has 0 fully saturated rings. The van der Waals surface area contributed by atoms with Gasteiger partial charge in [-0.15, -0.1) is 0 Å². The molecule has 11 rings (SSSR count). The molecule has 52 heavy (non-hydrogen) atoms. The summed E-state index contributed by atoms with van der Waals surface area (Å²) in [5, 5.41) is 10.1. The summed E-state index contributed by atoms with van der Waals surface area (Å²) in [7, 11) is 0. The minimum Gasteiger partial charge on any atom is -0.309 e. The third-order valence-corrected chi connectivity index (χ3v) is 10.9. The standard InChI is InChI=1S/C50H32N2/c1-3-11-37-29-41(25-21-33(37)9-1)51-48-16-8-6-14-44(48)46-31-39(24-28-49(46)51)35-17-19-36(20-18-35)40-23-27-45-43-13-5-7-15-47(43)52(50(45)32-40)42-26-22-34-10-2-4-12-38(34)30-42/h1-32H. The van der Waals surface area contributed by atoms with Crippen molar-refractivity contribution >= 4 is 65.2 Å². The van der Waals surface area contributed by atoms with Gasteiger partial charge < -0.3 is 9.13 Å². The topological polar surface area (TPSA) is 9.86 Å². The van der Waals surface area contributed by atoms with Crippen LogP contribution in [-0.4, -0.2) is 9.13 Å². The van der Waals surface area contributed by atoms with Crippen LogP contribution in [0.5, 0.6) is 0 Å². The monoisotopic (exact) mass is 660 g/mol. The first kappa shape index (κ1) is 28.9. The fourth-order valence-electron chi connectivity index (χ4n) is 8.35. The van der Waals surface area contributed by atoms with E-state index in [0.717, 1.165) is 0 Å². The summed E-state index contributed by atoms with van der Waals surface area (Å²) in [6, 6.07) is 71.1. The quantitative estimate of drug-likeness (QED) is 0.178. The highest BCUT2D eigenvalue weighted by molar-refractivity contribution is 6.12. The van der Waals surface area contributed by atoms with E-state index in [1.54, 1.807) is 0 Å². The Balaban J connectivity index is 1.00. The van der Waals surface area contributed by atoms with E-state index >= 15 is 0 Å². The summed E-state index contributed by atoms with van der Waals surface area (Å²) in [6.45, 7) is 0. The smallest absolute Gasteiger partial charge is 0.0547 e. The average molecular weight is 661 g/mol. The van der Waals surface area contributed by atoms with Gasteiger partial charge in [0.05, 0.1) is 22.1 Å².